The van der Waals surface area contributed by atoms with E-state index in [4.69, 9.17) is 0 Å². The topological polar surface area (TPSA) is 9.23 Å². The van der Waals surface area contributed by atoms with Crippen LogP contribution in [0, 0.1) is 0 Å². The maximum Gasteiger partial charge on any atom is 0.573 e. The lowest BCUT2D eigenvalue weighted by Crippen LogP contribution is -2.11. The molecule has 0 saturated carbocycles. The molecule has 0 aliphatic rings. The van der Waals surface area contributed by atoms with Gasteiger partial charge in [-0.3, -0.25) is 0 Å². The third-order valence-corrected chi connectivity index (χ3v) is 0.599. The van der Waals surface area contributed by atoms with E-state index in [0.717, 1.165) is 6.08 Å². The van der Waals surface area contributed by atoms with E-state index < -0.39 is 12.1 Å². The second kappa shape index (κ2) is 3.29. The standard InChI is InChI=1S/C6H7F3O/c1-3-4-5(2)10-6(7,8)9/h3-4H,2H2,1H3. The Balaban J connectivity index is 3.81. The fourth-order valence-corrected chi connectivity index (χ4v) is 0.369. The van der Waals surface area contributed by atoms with Crippen molar-refractivity contribution in [1.82, 2.24) is 0 Å². The Kier molecular flexibility index (Phi) is 2.99. The largest absolute Gasteiger partial charge is 0.573 e. The maximum absolute atomic E-state index is 11.3. The van der Waals surface area contributed by atoms with Gasteiger partial charge in [-0.15, -0.1) is 13.2 Å². The number of rotatable bonds is 2. The Morgan fingerprint density at radius 1 is 1.50 bits per heavy atom. The van der Waals surface area contributed by atoms with Gasteiger partial charge >= 0.3 is 6.36 Å². The first-order valence-corrected chi connectivity index (χ1v) is 2.53. The van der Waals surface area contributed by atoms with E-state index >= 15 is 0 Å². The van der Waals surface area contributed by atoms with E-state index in [0.29, 0.717) is 0 Å². The zero-order chi connectivity index (χ0) is 8.20. The third kappa shape index (κ3) is 5.21. The zero-order valence-electron chi connectivity index (χ0n) is 5.40. The SMILES string of the molecule is C=C(C=CC)OC(F)(F)F. The molecule has 58 valence electrons. The quantitative estimate of drug-likeness (QED) is 0.436. The molecule has 0 rings (SSSR count). The molecule has 0 spiro atoms. The number of ether oxygens (including phenoxy) is 1. The van der Waals surface area contributed by atoms with Crippen LogP contribution in [-0.2, 0) is 4.74 Å². The van der Waals surface area contributed by atoms with Crippen molar-refractivity contribution < 1.29 is 17.9 Å². The van der Waals surface area contributed by atoms with Gasteiger partial charge in [0.25, 0.3) is 0 Å². The molecule has 0 heterocycles. The van der Waals surface area contributed by atoms with Gasteiger partial charge in [-0.2, -0.15) is 0 Å². The molecule has 0 bridgehead atoms. The summed E-state index contributed by atoms with van der Waals surface area (Å²) in [6, 6.07) is 0. The van der Waals surface area contributed by atoms with Gasteiger partial charge in [0.2, 0.25) is 0 Å². The first kappa shape index (κ1) is 9.07. The summed E-state index contributed by atoms with van der Waals surface area (Å²) >= 11 is 0. The van der Waals surface area contributed by atoms with E-state index in [2.05, 4.69) is 11.3 Å². The summed E-state index contributed by atoms with van der Waals surface area (Å²) in [5.41, 5.74) is 0. The van der Waals surface area contributed by atoms with Crippen LogP contribution >= 0.6 is 0 Å². The molecule has 10 heavy (non-hydrogen) atoms. The average molecular weight is 152 g/mol. The molecule has 0 aromatic rings. The van der Waals surface area contributed by atoms with Crippen LogP contribution in [0.2, 0.25) is 0 Å². The second-order valence-electron chi connectivity index (χ2n) is 1.51. The van der Waals surface area contributed by atoms with Crippen LogP contribution in [-0.4, -0.2) is 6.36 Å². The molecule has 0 aromatic heterocycles. The fourth-order valence-electron chi connectivity index (χ4n) is 0.369. The smallest absolute Gasteiger partial charge is 0.406 e. The molecule has 0 radical (unpaired) electrons. The number of hydrogen-bond donors (Lipinski definition) is 0. The second-order valence-corrected chi connectivity index (χ2v) is 1.51. The number of halogens is 3. The van der Waals surface area contributed by atoms with Gasteiger partial charge in [0.1, 0.15) is 5.76 Å². The molecular formula is C6H7F3O. The first-order chi connectivity index (χ1) is 4.45. The molecule has 4 heteroatoms. The molecular weight excluding hydrogens is 145 g/mol. The minimum absolute atomic E-state index is 0.407. The molecule has 0 amide bonds. The van der Waals surface area contributed by atoms with E-state index in [1.54, 1.807) is 6.92 Å². The van der Waals surface area contributed by atoms with Crippen LogP contribution in [0.3, 0.4) is 0 Å². The van der Waals surface area contributed by atoms with Crippen LogP contribution in [0.1, 0.15) is 6.92 Å². The van der Waals surface area contributed by atoms with Gasteiger partial charge in [0, 0.05) is 0 Å². The molecule has 0 unspecified atom stereocenters. The fraction of sp³-hybridized carbons (Fsp3) is 0.333. The number of allylic oxidation sites excluding steroid dienone is 2. The van der Waals surface area contributed by atoms with Gasteiger partial charge in [-0.05, 0) is 13.0 Å². The third-order valence-electron chi connectivity index (χ3n) is 0.599. The van der Waals surface area contributed by atoms with Gasteiger partial charge < -0.3 is 4.74 Å². The minimum atomic E-state index is -4.63. The predicted octanol–water partition coefficient (Wildman–Crippen LogP) is 2.61. The summed E-state index contributed by atoms with van der Waals surface area (Å²) in [7, 11) is 0. The minimum Gasteiger partial charge on any atom is -0.406 e. The van der Waals surface area contributed by atoms with E-state index in [-0.39, 0.29) is 0 Å². The summed E-state index contributed by atoms with van der Waals surface area (Å²) in [4.78, 5) is 0. The molecule has 0 aliphatic carbocycles. The Labute approximate surface area is 56.8 Å². The van der Waals surface area contributed by atoms with Crippen molar-refractivity contribution in [3.63, 3.8) is 0 Å². The highest BCUT2D eigenvalue weighted by molar-refractivity contribution is 5.05. The van der Waals surface area contributed by atoms with Gasteiger partial charge in [-0.1, -0.05) is 12.7 Å². The van der Waals surface area contributed by atoms with Gasteiger partial charge in [-0.25, -0.2) is 0 Å². The summed E-state index contributed by atoms with van der Waals surface area (Å²) in [5, 5.41) is 0. The highest BCUT2D eigenvalue weighted by Gasteiger charge is 2.30. The van der Waals surface area contributed by atoms with Crippen LogP contribution in [0.5, 0.6) is 0 Å². The van der Waals surface area contributed by atoms with Crippen molar-refractivity contribution in [3.05, 3.63) is 24.5 Å². The lowest BCUT2D eigenvalue weighted by atomic mass is 10.5. The molecule has 0 aliphatic heterocycles. The number of alkyl halides is 3. The van der Waals surface area contributed by atoms with Crippen LogP contribution in [0.15, 0.2) is 24.5 Å². The van der Waals surface area contributed by atoms with Crippen molar-refractivity contribution in [2.75, 3.05) is 0 Å². The molecule has 0 atom stereocenters. The highest BCUT2D eigenvalue weighted by Crippen LogP contribution is 2.19. The lowest BCUT2D eigenvalue weighted by molar-refractivity contribution is -0.303. The van der Waals surface area contributed by atoms with Crippen LogP contribution in [0.4, 0.5) is 13.2 Å². The van der Waals surface area contributed by atoms with Crippen molar-refractivity contribution >= 4 is 0 Å². The van der Waals surface area contributed by atoms with Crippen molar-refractivity contribution in [1.29, 1.82) is 0 Å². The molecule has 0 N–H and O–H groups in total. The summed E-state index contributed by atoms with van der Waals surface area (Å²) < 4.78 is 37.3. The molecule has 0 saturated heterocycles. The first-order valence-electron chi connectivity index (χ1n) is 2.53. The molecule has 1 nitrogen and oxygen atoms in total. The summed E-state index contributed by atoms with van der Waals surface area (Å²) in [5.74, 6) is -0.407. The van der Waals surface area contributed by atoms with Crippen LogP contribution < -0.4 is 0 Å². The van der Waals surface area contributed by atoms with Crippen molar-refractivity contribution in [2.45, 2.75) is 13.3 Å². The van der Waals surface area contributed by atoms with E-state index in [1.165, 1.54) is 6.08 Å². The Hall–Kier alpha value is -0.930. The van der Waals surface area contributed by atoms with E-state index in [9.17, 15) is 13.2 Å². The molecule has 0 aromatic carbocycles. The number of hydrogen-bond acceptors (Lipinski definition) is 1. The zero-order valence-corrected chi connectivity index (χ0v) is 5.40. The Bertz CT molecular complexity index is 146. The summed E-state index contributed by atoms with van der Waals surface area (Å²) in [6.07, 6.45) is -2.09. The lowest BCUT2D eigenvalue weighted by Gasteiger charge is -2.06. The van der Waals surface area contributed by atoms with E-state index in [1.807, 2.05) is 0 Å². The highest BCUT2D eigenvalue weighted by atomic mass is 19.4. The van der Waals surface area contributed by atoms with Crippen LogP contribution in [0.25, 0.3) is 0 Å². The monoisotopic (exact) mass is 152 g/mol. The normalized spacial score (nSPS) is 12.0. The maximum atomic E-state index is 11.3. The summed E-state index contributed by atoms with van der Waals surface area (Å²) in [6.45, 7) is 4.58. The Morgan fingerprint density at radius 2 is 2.00 bits per heavy atom. The Morgan fingerprint density at radius 3 is 2.30 bits per heavy atom. The van der Waals surface area contributed by atoms with Gasteiger partial charge in [0.05, 0.1) is 0 Å². The van der Waals surface area contributed by atoms with Gasteiger partial charge in [0.15, 0.2) is 0 Å². The molecule has 0 fully saturated rings. The predicted molar refractivity (Wildman–Crippen MR) is 31.1 cm³/mol. The average Bonchev–Trinajstić information content (AvgIpc) is 1.59. The van der Waals surface area contributed by atoms with Crippen molar-refractivity contribution in [3.8, 4) is 0 Å². The van der Waals surface area contributed by atoms with Crippen molar-refractivity contribution in [2.24, 2.45) is 0 Å².